The van der Waals surface area contributed by atoms with E-state index in [1.54, 1.807) is 42.6 Å². The highest BCUT2D eigenvalue weighted by atomic mass is 35.5. The zero-order valence-electron chi connectivity index (χ0n) is 39.9. The van der Waals surface area contributed by atoms with Crippen LogP contribution in [-0.4, -0.2) is 126 Å². The van der Waals surface area contributed by atoms with Gasteiger partial charge in [0.15, 0.2) is 0 Å². The number of halogens is 2. The number of nitriles is 1. The maximum Gasteiger partial charge on any atom is 0.253 e. The number of nitrogens with zero attached hydrogens (tertiary/aromatic N) is 5. The Morgan fingerprint density at radius 1 is 0.955 bits per heavy atom. The van der Waals surface area contributed by atoms with Gasteiger partial charge in [0.05, 0.1) is 28.9 Å². The molecule has 4 N–H and O–H groups in total. The summed E-state index contributed by atoms with van der Waals surface area (Å²) in [5.41, 5.74) is 0.890. The van der Waals surface area contributed by atoms with Gasteiger partial charge in [-0.05, 0) is 60.2 Å². The van der Waals surface area contributed by atoms with Crippen LogP contribution in [0, 0.1) is 34.0 Å². The number of likely N-dealkylation sites (tertiary alicyclic amines) is 1. The summed E-state index contributed by atoms with van der Waals surface area (Å²) in [6.07, 6.45) is 0.291. The number of nitrogens with one attached hydrogen (secondary N) is 3. The fourth-order valence-electron chi connectivity index (χ4n) is 9.87. The Hall–Kier alpha value is -4.98. The highest BCUT2D eigenvalue weighted by Crippen LogP contribution is 2.55. The molecule has 2 saturated heterocycles. The molecule has 15 nitrogen and oxygen atoms in total. The molecule has 1 aliphatic carbocycles. The maximum atomic E-state index is 14.0. The number of β-amino-alcohol motifs (C(OH)–C–C–N with tert-alkyl or cyclic N) is 1. The van der Waals surface area contributed by atoms with Gasteiger partial charge in [0.1, 0.15) is 41.9 Å². The van der Waals surface area contributed by atoms with Crippen molar-refractivity contribution in [2.45, 2.75) is 111 Å². The van der Waals surface area contributed by atoms with E-state index in [-0.39, 0.29) is 61.2 Å². The minimum atomic E-state index is -0.926. The van der Waals surface area contributed by atoms with E-state index in [1.165, 1.54) is 4.90 Å². The standard InChI is InChI=1S/C50H66Cl2N8O7/c1-30(2)23-40(45(64)56-42(31(3)4)46(65)60-29-36(61)24-39(60)44(63)55-27-32-9-13-35(51)14-10-32)66-22-21-58-17-19-59(20-18-58)41-16-12-34(28-54-41)43(62)57-47-49(5,6)48(50(47,7)8)67-37-15-11-33(26-53)38(52)25-37/h9-16,25,28,30-31,36,39-40,42,47-48,61H,17-24,27,29H2,1-8H3,(H,55,63)(H,56,64)(H,57,62)/t36-,39+,40+,42+,47-,48-/m1/s1. The van der Waals surface area contributed by atoms with Crippen molar-refractivity contribution in [2.24, 2.45) is 22.7 Å². The molecule has 362 valence electrons. The molecule has 3 fully saturated rings. The largest absolute Gasteiger partial charge is 0.489 e. The third-order valence-corrected chi connectivity index (χ3v) is 13.9. The molecule has 0 bridgehead atoms. The summed E-state index contributed by atoms with van der Waals surface area (Å²) in [6, 6.07) is 15.9. The first kappa shape index (κ1) is 51.4. The molecule has 4 amide bonds. The van der Waals surface area contributed by atoms with Gasteiger partial charge in [-0.3, -0.25) is 24.1 Å². The maximum absolute atomic E-state index is 14.0. The summed E-state index contributed by atoms with van der Waals surface area (Å²) in [5, 5.41) is 29.8. The van der Waals surface area contributed by atoms with Crippen LogP contribution in [0.25, 0.3) is 0 Å². The molecule has 0 unspecified atom stereocenters. The number of aliphatic hydroxyl groups excluding tert-OH is 1. The molecule has 2 aliphatic heterocycles. The number of piperazine rings is 1. The minimum Gasteiger partial charge on any atom is -0.489 e. The van der Waals surface area contributed by atoms with Crippen molar-refractivity contribution in [1.82, 2.24) is 30.7 Å². The Morgan fingerprint density at radius 3 is 2.24 bits per heavy atom. The smallest absolute Gasteiger partial charge is 0.253 e. The topological polar surface area (TPSA) is 189 Å². The number of hydrogen-bond acceptors (Lipinski definition) is 11. The highest BCUT2D eigenvalue weighted by molar-refractivity contribution is 6.31. The average Bonchev–Trinajstić information content (AvgIpc) is 3.69. The van der Waals surface area contributed by atoms with Crippen LogP contribution in [0.5, 0.6) is 5.75 Å². The zero-order chi connectivity index (χ0) is 48.8. The summed E-state index contributed by atoms with van der Waals surface area (Å²) < 4.78 is 12.6. The second-order valence-corrected chi connectivity index (χ2v) is 20.8. The lowest BCUT2D eigenvalue weighted by Crippen LogP contribution is -2.74. The Kier molecular flexibility index (Phi) is 16.9. The summed E-state index contributed by atoms with van der Waals surface area (Å²) in [5.74, 6) is -0.197. The SMILES string of the molecule is CC(C)C[C@H](OCCN1CCN(c2ccc(C(=O)N[C@H]3C(C)(C)[C@H](Oc4ccc(C#N)c(Cl)c4)C3(C)C)cn2)CC1)C(=O)N[C@H](C(=O)N1C[C@H](O)C[C@H]1C(=O)NCc1ccc(Cl)cc1)C(C)C. The number of hydrogen-bond donors (Lipinski definition) is 4. The number of ether oxygens (including phenoxy) is 2. The lowest BCUT2D eigenvalue weighted by Gasteiger charge is -2.63. The third kappa shape index (κ3) is 12.4. The summed E-state index contributed by atoms with van der Waals surface area (Å²) in [6.45, 7) is 20.0. The van der Waals surface area contributed by atoms with Crippen molar-refractivity contribution in [2.75, 3.05) is 50.8 Å². The van der Waals surface area contributed by atoms with Gasteiger partial charge in [-0.1, -0.05) is 90.7 Å². The molecular formula is C50H66Cl2N8O7. The van der Waals surface area contributed by atoms with Crippen LogP contribution in [0.3, 0.4) is 0 Å². The summed E-state index contributed by atoms with van der Waals surface area (Å²) >= 11 is 12.3. The second-order valence-electron chi connectivity index (χ2n) is 20.0. The molecule has 1 saturated carbocycles. The fraction of sp³-hybridized carbons (Fsp3) is 0.560. The minimum absolute atomic E-state index is 0.00932. The molecule has 1 aromatic heterocycles. The molecule has 3 aliphatic rings. The molecule has 67 heavy (non-hydrogen) atoms. The molecule has 2 aromatic carbocycles. The molecule has 4 atom stereocenters. The van der Waals surface area contributed by atoms with E-state index in [1.807, 2.05) is 45.9 Å². The monoisotopic (exact) mass is 960 g/mol. The molecule has 17 heteroatoms. The quantitative estimate of drug-likeness (QED) is 0.120. The van der Waals surface area contributed by atoms with Crippen LogP contribution in [0.1, 0.15) is 89.7 Å². The Bertz CT molecular complexity index is 2240. The fourth-order valence-corrected chi connectivity index (χ4v) is 10.2. The lowest BCUT2D eigenvalue weighted by atomic mass is 9.49. The van der Waals surface area contributed by atoms with E-state index in [4.69, 9.17) is 32.7 Å². The van der Waals surface area contributed by atoms with Crippen LogP contribution < -0.4 is 25.6 Å². The van der Waals surface area contributed by atoms with Crippen molar-refractivity contribution >= 4 is 52.6 Å². The van der Waals surface area contributed by atoms with Crippen LogP contribution in [0.4, 0.5) is 5.82 Å². The van der Waals surface area contributed by atoms with Crippen LogP contribution in [0.2, 0.25) is 10.0 Å². The number of anilines is 1. The summed E-state index contributed by atoms with van der Waals surface area (Å²) in [4.78, 5) is 65.2. The molecule has 3 heterocycles. The van der Waals surface area contributed by atoms with Gasteiger partial charge in [0.25, 0.3) is 5.91 Å². The van der Waals surface area contributed by atoms with E-state index >= 15 is 0 Å². The summed E-state index contributed by atoms with van der Waals surface area (Å²) in [7, 11) is 0. The van der Waals surface area contributed by atoms with Crippen molar-refractivity contribution in [1.29, 1.82) is 5.26 Å². The van der Waals surface area contributed by atoms with Gasteiger partial charge in [-0.15, -0.1) is 0 Å². The zero-order valence-corrected chi connectivity index (χ0v) is 41.4. The van der Waals surface area contributed by atoms with Crippen molar-refractivity contribution in [3.05, 3.63) is 87.5 Å². The van der Waals surface area contributed by atoms with Gasteiger partial charge in [-0.25, -0.2) is 4.98 Å². The number of amides is 4. The van der Waals surface area contributed by atoms with Crippen LogP contribution >= 0.6 is 23.2 Å². The van der Waals surface area contributed by atoms with Gasteiger partial charge in [-0.2, -0.15) is 5.26 Å². The lowest BCUT2D eigenvalue weighted by molar-refractivity contribution is -0.164. The third-order valence-electron chi connectivity index (χ3n) is 13.3. The van der Waals surface area contributed by atoms with Crippen molar-refractivity contribution in [3.63, 3.8) is 0 Å². The predicted molar refractivity (Wildman–Crippen MR) is 258 cm³/mol. The van der Waals surface area contributed by atoms with Gasteiger partial charge >= 0.3 is 0 Å². The first-order valence-electron chi connectivity index (χ1n) is 23.2. The van der Waals surface area contributed by atoms with E-state index < -0.39 is 41.0 Å². The highest BCUT2D eigenvalue weighted by Gasteiger charge is 2.64. The van der Waals surface area contributed by atoms with Crippen LogP contribution in [-0.2, 0) is 25.7 Å². The molecule has 0 radical (unpaired) electrons. The normalized spacial score (nSPS) is 22.1. The number of aliphatic hydroxyl groups is 1. The van der Waals surface area contributed by atoms with E-state index in [2.05, 4.69) is 64.5 Å². The Balaban J connectivity index is 0.961. The molecule has 3 aromatic rings. The first-order valence-corrected chi connectivity index (χ1v) is 24.0. The number of carbonyl (C=O) groups is 4. The second kappa shape index (κ2) is 22.0. The number of pyridine rings is 1. The van der Waals surface area contributed by atoms with Gasteiger partial charge in [0, 0.05) is 86.4 Å². The first-order chi connectivity index (χ1) is 31.7. The Morgan fingerprint density at radius 2 is 1.64 bits per heavy atom. The van der Waals surface area contributed by atoms with Crippen LogP contribution in [0.15, 0.2) is 60.8 Å². The number of benzene rings is 2. The van der Waals surface area contributed by atoms with Gasteiger partial charge in [0.2, 0.25) is 17.7 Å². The molecule has 0 spiro atoms. The van der Waals surface area contributed by atoms with Gasteiger partial charge < -0.3 is 40.3 Å². The predicted octanol–water partition coefficient (Wildman–Crippen LogP) is 5.84. The number of carbonyl (C=O) groups excluding carboxylic acids is 4. The Labute approximate surface area is 404 Å². The number of aromatic nitrogens is 1. The van der Waals surface area contributed by atoms with E-state index in [0.717, 1.165) is 24.5 Å². The number of rotatable bonds is 18. The average molecular weight is 962 g/mol. The molecule has 6 rings (SSSR count). The molecular weight excluding hydrogens is 896 g/mol. The van der Waals surface area contributed by atoms with Crippen molar-refractivity contribution in [3.8, 4) is 11.8 Å². The van der Waals surface area contributed by atoms with Crippen molar-refractivity contribution < 1.29 is 33.8 Å². The van der Waals surface area contributed by atoms with E-state index in [9.17, 15) is 29.5 Å². The van der Waals surface area contributed by atoms with E-state index in [0.29, 0.717) is 59.6 Å².